The van der Waals surface area contributed by atoms with Crippen molar-refractivity contribution in [2.45, 2.75) is 33.1 Å². The largest absolute Gasteiger partial charge is 0.494 e. The summed E-state index contributed by atoms with van der Waals surface area (Å²) in [5, 5.41) is 0. The molecule has 4 heteroatoms. The van der Waals surface area contributed by atoms with Crippen LogP contribution >= 0.6 is 0 Å². The van der Waals surface area contributed by atoms with Gasteiger partial charge in [-0.3, -0.25) is 0 Å². The maximum Gasteiger partial charge on any atom is 0.207 e. The van der Waals surface area contributed by atoms with Crippen molar-refractivity contribution in [3.63, 3.8) is 0 Å². The van der Waals surface area contributed by atoms with Crippen LogP contribution in [-0.2, 0) is 9.84 Å². The van der Waals surface area contributed by atoms with Gasteiger partial charge in [-0.15, -0.1) is 0 Å². The molecule has 0 fully saturated rings. The summed E-state index contributed by atoms with van der Waals surface area (Å²) < 4.78 is 31.6. The minimum Gasteiger partial charge on any atom is -0.494 e. The van der Waals surface area contributed by atoms with Gasteiger partial charge >= 0.3 is 0 Å². The number of benzene rings is 2. The minimum atomic E-state index is -3.50. The zero-order valence-electron chi connectivity index (χ0n) is 15.2. The molecule has 0 radical (unpaired) electrons. The third-order valence-electron chi connectivity index (χ3n) is 4.46. The summed E-state index contributed by atoms with van der Waals surface area (Å²) in [7, 11) is -3.50. The number of allylic oxidation sites excluding steroid dienone is 2. The molecule has 0 N–H and O–H groups in total. The second-order valence-corrected chi connectivity index (χ2v) is 8.40. The van der Waals surface area contributed by atoms with Crippen LogP contribution in [0.3, 0.4) is 0 Å². The molecule has 0 spiro atoms. The Balaban J connectivity index is 1.74. The van der Waals surface area contributed by atoms with Gasteiger partial charge in [0, 0.05) is 0 Å². The standard InChI is InChI=1S/C22H24O3S/c1-3-4-5-16-25-20-12-10-19(11-13-20)22-15-14-21(26(22,23)24)18-8-6-17(2)7-9-18/h6-15H,3-5,16H2,1-2H3. The van der Waals surface area contributed by atoms with E-state index in [2.05, 4.69) is 6.92 Å². The highest BCUT2D eigenvalue weighted by molar-refractivity contribution is 8.09. The van der Waals surface area contributed by atoms with E-state index in [-0.39, 0.29) is 0 Å². The number of aryl methyl sites for hydroxylation is 1. The fourth-order valence-corrected chi connectivity index (χ4v) is 4.55. The second-order valence-electron chi connectivity index (χ2n) is 6.51. The van der Waals surface area contributed by atoms with Gasteiger partial charge in [-0.1, -0.05) is 49.6 Å². The van der Waals surface area contributed by atoms with E-state index in [1.54, 1.807) is 12.2 Å². The van der Waals surface area contributed by atoms with Gasteiger partial charge in [-0.25, -0.2) is 8.42 Å². The lowest BCUT2D eigenvalue weighted by Gasteiger charge is -2.10. The van der Waals surface area contributed by atoms with E-state index in [1.807, 2.05) is 55.5 Å². The molecule has 2 aromatic rings. The Labute approximate surface area is 155 Å². The fraction of sp³-hybridized carbons (Fsp3) is 0.273. The molecule has 0 aromatic heterocycles. The second kappa shape index (κ2) is 7.92. The van der Waals surface area contributed by atoms with E-state index in [4.69, 9.17) is 4.74 Å². The van der Waals surface area contributed by atoms with Gasteiger partial charge in [-0.05, 0) is 60.9 Å². The quantitative estimate of drug-likeness (QED) is 0.617. The normalized spacial score (nSPS) is 15.5. The molecule has 2 aromatic carbocycles. The number of unbranched alkanes of at least 4 members (excludes halogenated alkanes) is 2. The topological polar surface area (TPSA) is 43.4 Å². The highest BCUT2D eigenvalue weighted by Crippen LogP contribution is 2.38. The molecule has 1 heterocycles. The van der Waals surface area contributed by atoms with Crippen LogP contribution in [0.4, 0.5) is 0 Å². The van der Waals surface area contributed by atoms with Crippen LogP contribution in [0, 0.1) is 6.92 Å². The Kier molecular flexibility index (Phi) is 5.62. The molecular weight excluding hydrogens is 344 g/mol. The molecule has 1 aliphatic rings. The molecule has 0 saturated heterocycles. The van der Waals surface area contributed by atoms with Crippen molar-refractivity contribution in [2.75, 3.05) is 6.61 Å². The lowest BCUT2D eigenvalue weighted by molar-refractivity contribution is 0.306. The van der Waals surface area contributed by atoms with E-state index in [1.165, 1.54) is 0 Å². The molecular formula is C22H24O3S. The molecule has 136 valence electrons. The average Bonchev–Trinajstić information content (AvgIpc) is 2.95. The van der Waals surface area contributed by atoms with Gasteiger partial charge in [-0.2, -0.15) is 0 Å². The average molecular weight is 368 g/mol. The third kappa shape index (κ3) is 3.91. The predicted octanol–water partition coefficient (Wildman–Crippen LogP) is 5.37. The van der Waals surface area contributed by atoms with Gasteiger partial charge < -0.3 is 4.74 Å². The van der Waals surface area contributed by atoms with E-state index >= 15 is 0 Å². The SMILES string of the molecule is CCCCCOc1ccc(C2=CC=C(c3ccc(C)cc3)S2(=O)=O)cc1. The number of hydrogen-bond acceptors (Lipinski definition) is 3. The summed E-state index contributed by atoms with van der Waals surface area (Å²) in [6.07, 6.45) is 6.70. The third-order valence-corrected chi connectivity index (χ3v) is 6.36. The monoisotopic (exact) mass is 368 g/mol. The molecule has 0 atom stereocenters. The first-order valence-electron chi connectivity index (χ1n) is 8.99. The van der Waals surface area contributed by atoms with Crippen molar-refractivity contribution in [1.29, 1.82) is 0 Å². The zero-order chi connectivity index (χ0) is 18.6. The fourth-order valence-electron chi connectivity index (χ4n) is 2.93. The summed E-state index contributed by atoms with van der Waals surface area (Å²) in [5.41, 5.74) is 2.51. The van der Waals surface area contributed by atoms with Gasteiger partial charge in [0.1, 0.15) is 5.75 Å². The van der Waals surface area contributed by atoms with Crippen LogP contribution in [0.25, 0.3) is 9.81 Å². The number of sulfone groups is 1. The molecule has 0 bridgehead atoms. The first kappa shape index (κ1) is 18.5. The first-order chi connectivity index (χ1) is 12.5. The summed E-state index contributed by atoms with van der Waals surface area (Å²) in [6.45, 7) is 4.83. The maximum atomic E-state index is 12.9. The van der Waals surface area contributed by atoms with Crippen molar-refractivity contribution in [3.05, 3.63) is 77.4 Å². The van der Waals surface area contributed by atoms with Crippen LogP contribution in [0.1, 0.15) is 42.9 Å². The lowest BCUT2D eigenvalue weighted by atomic mass is 10.1. The molecule has 26 heavy (non-hydrogen) atoms. The highest BCUT2D eigenvalue weighted by atomic mass is 32.2. The lowest BCUT2D eigenvalue weighted by Crippen LogP contribution is -2.03. The van der Waals surface area contributed by atoms with Gasteiger partial charge in [0.25, 0.3) is 0 Å². The van der Waals surface area contributed by atoms with Crippen molar-refractivity contribution >= 4 is 19.6 Å². The molecule has 0 amide bonds. The minimum absolute atomic E-state index is 0.339. The molecule has 0 saturated carbocycles. The summed E-state index contributed by atoms with van der Waals surface area (Å²) >= 11 is 0. The van der Waals surface area contributed by atoms with Crippen LogP contribution in [-0.4, -0.2) is 15.0 Å². The van der Waals surface area contributed by atoms with E-state index in [9.17, 15) is 8.42 Å². The number of hydrogen-bond donors (Lipinski definition) is 0. The molecule has 3 nitrogen and oxygen atoms in total. The van der Waals surface area contributed by atoms with Crippen LogP contribution < -0.4 is 4.74 Å². The number of ether oxygens (including phenoxy) is 1. The predicted molar refractivity (Wildman–Crippen MR) is 108 cm³/mol. The Hall–Kier alpha value is -2.33. The summed E-state index contributed by atoms with van der Waals surface area (Å²) in [4.78, 5) is 0.693. The van der Waals surface area contributed by atoms with Gasteiger partial charge in [0.2, 0.25) is 9.84 Å². The van der Waals surface area contributed by atoms with E-state index in [0.717, 1.165) is 36.1 Å². The Morgan fingerprint density at radius 1 is 0.808 bits per heavy atom. The van der Waals surface area contributed by atoms with Crippen molar-refractivity contribution in [1.82, 2.24) is 0 Å². The Morgan fingerprint density at radius 3 is 1.88 bits per heavy atom. The van der Waals surface area contributed by atoms with E-state index < -0.39 is 9.84 Å². The summed E-state index contributed by atoms with van der Waals surface area (Å²) in [6, 6.07) is 14.8. The first-order valence-corrected chi connectivity index (χ1v) is 10.5. The molecule has 0 unspecified atom stereocenters. The maximum absolute atomic E-state index is 12.9. The smallest absolute Gasteiger partial charge is 0.207 e. The Bertz CT molecular complexity index is 918. The van der Waals surface area contributed by atoms with Crippen LogP contribution in [0.2, 0.25) is 0 Å². The van der Waals surface area contributed by atoms with Gasteiger partial charge in [0.15, 0.2) is 0 Å². The highest BCUT2D eigenvalue weighted by Gasteiger charge is 2.29. The summed E-state index contributed by atoms with van der Waals surface area (Å²) in [5.74, 6) is 0.771. The van der Waals surface area contributed by atoms with Crippen molar-refractivity contribution in [2.24, 2.45) is 0 Å². The number of rotatable bonds is 7. The zero-order valence-corrected chi connectivity index (χ0v) is 16.1. The molecule has 1 aliphatic heterocycles. The van der Waals surface area contributed by atoms with E-state index in [0.29, 0.717) is 22.0 Å². The molecule has 3 rings (SSSR count). The van der Waals surface area contributed by atoms with Crippen LogP contribution in [0.15, 0.2) is 60.7 Å². The Morgan fingerprint density at radius 2 is 1.35 bits per heavy atom. The van der Waals surface area contributed by atoms with Crippen LogP contribution in [0.5, 0.6) is 5.75 Å². The van der Waals surface area contributed by atoms with Gasteiger partial charge in [0.05, 0.1) is 16.4 Å². The van der Waals surface area contributed by atoms with Crippen molar-refractivity contribution in [3.8, 4) is 5.75 Å². The molecule has 0 aliphatic carbocycles. The van der Waals surface area contributed by atoms with Crippen molar-refractivity contribution < 1.29 is 13.2 Å².